The average molecular weight is 277 g/mol. The molecule has 0 saturated carbocycles. The van der Waals surface area contributed by atoms with Crippen LogP contribution in [0.3, 0.4) is 0 Å². The van der Waals surface area contributed by atoms with Crippen LogP contribution >= 0.6 is 0 Å². The van der Waals surface area contributed by atoms with Gasteiger partial charge in [-0.05, 0) is 12.1 Å². The summed E-state index contributed by atoms with van der Waals surface area (Å²) in [5.74, 6) is 1.58. The van der Waals surface area contributed by atoms with E-state index in [4.69, 9.17) is 9.47 Å². The highest BCUT2D eigenvalue weighted by Gasteiger charge is 2.21. The highest BCUT2D eigenvalue weighted by Crippen LogP contribution is 2.26. The third-order valence-electron chi connectivity index (χ3n) is 3.49. The molecule has 1 heterocycles. The normalized spacial score (nSPS) is 16.0. The summed E-state index contributed by atoms with van der Waals surface area (Å²) < 4.78 is 10.5. The van der Waals surface area contributed by atoms with Crippen LogP contribution in [-0.4, -0.2) is 37.4 Å². The SMILES string of the molecule is COc1ccc(CN2CCC(=O)CCC2=O)c(OC)c1. The van der Waals surface area contributed by atoms with Gasteiger partial charge < -0.3 is 14.4 Å². The van der Waals surface area contributed by atoms with Crippen LogP contribution in [0.4, 0.5) is 0 Å². The van der Waals surface area contributed by atoms with E-state index in [1.54, 1.807) is 25.2 Å². The summed E-state index contributed by atoms with van der Waals surface area (Å²) in [6.07, 6.45) is 1.09. The molecule has 1 fully saturated rings. The van der Waals surface area contributed by atoms with Crippen molar-refractivity contribution in [2.75, 3.05) is 20.8 Å². The molecule has 1 aliphatic rings. The summed E-state index contributed by atoms with van der Waals surface area (Å²) in [5, 5.41) is 0. The number of likely N-dealkylation sites (tertiary alicyclic amines) is 1. The molecule has 20 heavy (non-hydrogen) atoms. The maximum absolute atomic E-state index is 12.0. The number of hydrogen-bond acceptors (Lipinski definition) is 4. The maximum atomic E-state index is 12.0. The fraction of sp³-hybridized carbons (Fsp3) is 0.467. The monoisotopic (exact) mass is 277 g/mol. The first-order valence-corrected chi connectivity index (χ1v) is 6.64. The standard InChI is InChI=1S/C15H19NO4/c1-19-13-5-3-11(14(9-13)20-2)10-16-8-7-12(17)4-6-15(16)18/h3,5,9H,4,6-8,10H2,1-2H3. The lowest BCUT2D eigenvalue weighted by Crippen LogP contribution is -2.30. The summed E-state index contributed by atoms with van der Waals surface area (Å²) in [4.78, 5) is 25.1. The topological polar surface area (TPSA) is 55.8 Å². The number of ether oxygens (including phenoxy) is 2. The Labute approximate surface area is 118 Å². The molecule has 0 unspecified atom stereocenters. The summed E-state index contributed by atoms with van der Waals surface area (Å²) >= 11 is 0. The minimum atomic E-state index is 0.0220. The lowest BCUT2D eigenvalue weighted by atomic mass is 10.1. The Morgan fingerprint density at radius 1 is 1.10 bits per heavy atom. The molecule has 0 atom stereocenters. The van der Waals surface area contributed by atoms with Crippen LogP contribution in [0.25, 0.3) is 0 Å². The zero-order valence-corrected chi connectivity index (χ0v) is 11.8. The van der Waals surface area contributed by atoms with Crippen molar-refractivity contribution in [3.05, 3.63) is 23.8 Å². The highest BCUT2D eigenvalue weighted by molar-refractivity contribution is 5.87. The van der Waals surface area contributed by atoms with E-state index in [1.807, 2.05) is 12.1 Å². The number of benzene rings is 1. The van der Waals surface area contributed by atoms with Crippen molar-refractivity contribution in [1.29, 1.82) is 0 Å². The maximum Gasteiger partial charge on any atom is 0.223 e. The highest BCUT2D eigenvalue weighted by atomic mass is 16.5. The largest absolute Gasteiger partial charge is 0.497 e. The minimum Gasteiger partial charge on any atom is -0.497 e. The quantitative estimate of drug-likeness (QED) is 0.842. The van der Waals surface area contributed by atoms with Gasteiger partial charge in [-0.1, -0.05) is 0 Å². The van der Waals surface area contributed by atoms with Crippen LogP contribution in [-0.2, 0) is 16.1 Å². The van der Waals surface area contributed by atoms with Gasteiger partial charge in [0.2, 0.25) is 5.91 Å². The Kier molecular flexibility index (Phi) is 4.61. The summed E-state index contributed by atoms with van der Waals surface area (Å²) in [6, 6.07) is 5.52. The van der Waals surface area contributed by atoms with Gasteiger partial charge in [0.15, 0.2) is 0 Å². The zero-order chi connectivity index (χ0) is 14.5. The predicted octanol–water partition coefficient (Wildman–Crippen LogP) is 1.79. The molecule has 1 aliphatic heterocycles. The van der Waals surface area contributed by atoms with Crippen molar-refractivity contribution in [3.8, 4) is 11.5 Å². The van der Waals surface area contributed by atoms with E-state index in [2.05, 4.69) is 0 Å². The van der Waals surface area contributed by atoms with Gasteiger partial charge in [0, 0.05) is 44.0 Å². The molecule has 2 rings (SSSR count). The number of carbonyl (C=O) groups excluding carboxylic acids is 2. The second kappa shape index (κ2) is 6.41. The van der Waals surface area contributed by atoms with Crippen LogP contribution < -0.4 is 9.47 Å². The van der Waals surface area contributed by atoms with Gasteiger partial charge in [-0.3, -0.25) is 9.59 Å². The van der Waals surface area contributed by atoms with E-state index in [1.165, 1.54) is 0 Å². The average Bonchev–Trinajstić information content (AvgIpc) is 2.63. The van der Waals surface area contributed by atoms with E-state index in [9.17, 15) is 9.59 Å². The third-order valence-corrected chi connectivity index (χ3v) is 3.49. The first-order chi connectivity index (χ1) is 9.63. The molecule has 5 nitrogen and oxygen atoms in total. The Bertz CT molecular complexity index is 513. The van der Waals surface area contributed by atoms with E-state index < -0.39 is 0 Å². The molecule has 5 heteroatoms. The number of hydrogen-bond donors (Lipinski definition) is 0. The molecule has 0 spiro atoms. The molecule has 0 bridgehead atoms. The van der Waals surface area contributed by atoms with Crippen LogP contribution in [0.2, 0.25) is 0 Å². The van der Waals surface area contributed by atoms with Crippen molar-refractivity contribution < 1.29 is 19.1 Å². The molecule has 0 radical (unpaired) electrons. The lowest BCUT2D eigenvalue weighted by molar-refractivity contribution is -0.131. The van der Waals surface area contributed by atoms with Gasteiger partial charge in [-0.2, -0.15) is 0 Å². The van der Waals surface area contributed by atoms with Crippen molar-refractivity contribution in [2.24, 2.45) is 0 Å². The second-order valence-electron chi connectivity index (χ2n) is 4.78. The molecule has 0 N–H and O–H groups in total. The first-order valence-electron chi connectivity index (χ1n) is 6.64. The molecule has 0 aliphatic carbocycles. The first kappa shape index (κ1) is 14.4. The fourth-order valence-corrected chi connectivity index (χ4v) is 2.27. The predicted molar refractivity (Wildman–Crippen MR) is 73.8 cm³/mol. The summed E-state index contributed by atoms with van der Waals surface area (Å²) in [5.41, 5.74) is 0.913. The van der Waals surface area contributed by atoms with Gasteiger partial charge in [-0.15, -0.1) is 0 Å². The van der Waals surface area contributed by atoms with Crippen LogP contribution in [0.15, 0.2) is 18.2 Å². The van der Waals surface area contributed by atoms with Crippen molar-refractivity contribution in [1.82, 2.24) is 4.90 Å². The number of rotatable bonds is 4. The Hall–Kier alpha value is -2.04. The van der Waals surface area contributed by atoms with Crippen molar-refractivity contribution in [3.63, 3.8) is 0 Å². The van der Waals surface area contributed by atoms with Gasteiger partial charge >= 0.3 is 0 Å². The molecule has 1 saturated heterocycles. The minimum absolute atomic E-state index is 0.0220. The summed E-state index contributed by atoms with van der Waals surface area (Å²) in [6.45, 7) is 0.937. The lowest BCUT2D eigenvalue weighted by Gasteiger charge is -2.21. The van der Waals surface area contributed by atoms with Crippen LogP contribution in [0.1, 0.15) is 24.8 Å². The van der Waals surface area contributed by atoms with E-state index in [0.717, 1.165) is 5.56 Å². The molecule has 1 amide bonds. The second-order valence-corrected chi connectivity index (χ2v) is 4.78. The van der Waals surface area contributed by atoms with Crippen molar-refractivity contribution >= 4 is 11.7 Å². The number of carbonyl (C=O) groups is 2. The molecule has 0 aromatic heterocycles. The number of Topliss-reactive ketones (excluding diaryl/α,β-unsaturated/α-hetero) is 1. The molecule has 1 aromatic carbocycles. The van der Waals surface area contributed by atoms with E-state index >= 15 is 0 Å². The smallest absolute Gasteiger partial charge is 0.223 e. The molecule has 1 aromatic rings. The van der Waals surface area contributed by atoms with Gasteiger partial charge in [0.25, 0.3) is 0 Å². The van der Waals surface area contributed by atoms with Crippen LogP contribution in [0.5, 0.6) is 11.5 Å². The Morgan fingerprint density at radius 2 is 1.90 bits per heavy atom. The van der Waals surface area contributed by atoms with Gasteiger partial charge in [0.05, 0.1) is 14.2 Å². The van der Waals surface area contributed by atoms with Crippen molar-refractivity contribution in [2.45, 2.75) is 25.8 Å². The van der Waals surface area contributed by atoms with E-state index in [-0.39, 0.29) is 11.7 Å². The molecular weight excluding hydrogens is 258 g/mol. The number of ketones is 1. The Balaban J connectivity index is 2.16. The van der Waals surface area contributed by atoms with Crippen LogP contribution in [0, 0.1) is 0 Å². The number of nitrogens with zero attached hydrogens (tertiary/aromatic N) is 1. The molecule has 108 valence electrons. The zero-order valence-electron chi connectivity index (χ0n) is 11.8. The van der Waals surface area contributed by atoms with Gasteiger partial charge in [0.1, 0.15) is 17.3 Å². The fourth-order valence-electron chi connectivity index (χ4n) is 2.27. The number of amides is 1. The summed E-state index contributed by atoms with van der Waals surface area (Å²) in [7, 11) is 3.18. The molecular formula is C15H19NO4. The van der Waals surface area contributed by atoms with E-state index in [0.29, 0.717) is 43.9 Å². The number of methoxy groups -OCH3 is 2. The third kappa shape index (κ3) is 3.29. The Morgan fingerprint density at radius 3 is 2.60 bits per heavy atom. The van der Waals surface area contributed by atoms with Gasteiger partial charge in [-0.25, -0.2) is 0 Å².